The maximum atomic E-state index is 14.0. The maximum absolute atomic E-state index is 14.0. The third kappa shape index (κ3) is 3.98. The van der Waals surface area contributed by atoms with Gasteiger partial charge in [-0.1, -0.05) is 29.0 Å². The van der Waals surface area contributed by atoms with Crippen molar-refractivity contribution >= 4 is 44.2 Å². The van der Waals surface area contributed by atoms with Crippen molar-refractivity contribution in [3.63, 3.8) is 0 Å². The van der Waals surface area contributed by atoms with Crippen LogP contribution in [-0.4, -0.2) is 43.0 Å². The molecule has 1 heterocycles. The van der Waals surface area contributed by atoms with Crippen LogP contribution in [0, 0.1) is 5.82 Å². The van der Waals surface area contributed by atoms with Gasteiger partial charge in [-0.3, -0.25) is 9.69 Å². The number of para-hydroxylation sites is 1. The van der Waals surface area contributed by atoms with Crippen LogP contribution in [0.15, 0.2) is 42.5 Å². The lowest BCUT2D eigenvalue weighted by Gasteiger charge is -2.22. The zero-order valence-corrected chi connectivity index (χ0v) is 15.4. The molecule has 0 aliphatic heterocycles. The Labute approximate surface area is 154 Å². The number of fused-ring (bicyclic) bond motifs is 1. The van der Waals surface area contributed by atoms with Gasteiger partial charge in [0.1, 0.15) is 11.3 Å². The lowest BCUT2D eigenvalue weighted by atomic mass is 10.2. The van der Waals surface area contributed by atoms with Gasteiger partial charge in [-0.25, -0.2) is 9.37 Å². The molecule has 7 heteroatoms. The number of hydrogen-bond acceptors (Lipinski definition) is 4. The molecule has 0 N–H and O–H groups in total. The Hall–Kier alpha value is -2.02. The summed E-state index contributed by atoms with van der Waals surface area (Å²) in [6.45, 7) is 1.12. The quantitative estimate of drug-likeness (QED) is 0.665. The Bertz CT molecular complexity index is 895. The monoisotopic (exact) mass is 377 g/mol. The number of amides is 1. The van der Waals surface area contributed by atoms with Crippen LogP contribution < -0.4 is 4.90 Å². The second-order valence-electron chi connectivity index (χ2n) is 5.85. The van der Waals surface area contributed by atoms with Crippen LogP contribution in [0.3, 0.4) is 0 Å². The smallest absolute Gasteiger partial charge is 0.260 e. The van der Waals surface area contributed by atoms with Crippen molar-refractivity contribution in [3.8, 4) is 0 Å². The summed E-state index contributed by atoms with van der Waals surface area (Å²) in [4.78, 5) is 20.9. The molecule has 1 aromatic heterocycles. The molecule has 0 bridgehead atoms. The lowest BCUT2D eigenvalue weighted by molar-refractivity contribution is 0.0985. The summed E-state index contributed by atoms with van der Waals surface area (Å²) in [5.41, 5.74) is 0.809. The minimum atomic E-state index is -0.383. The first kappa shape index (κ1) is 17.8. The van der Waals surface area contributed by atoms with E-state index in [-0.39, 0.29) is 11.7 Å². The first-order valence-electron chi connectivity index (χ1n) is 7.73. The summed E-state index contributed by atoms with van der Waals surface area (Å²) in [7, 11) is 3.87. The molecule has 3 rings (SSSR count). The molecule has 2 aromatic carbocycles. The number of halogens is 2. The predicted octanol–water partition coefficient (Wildman–Crippen LogP) is 4.30. The normalized spacial score (nSPS) is 11.2. The van der Waals surface area contributed by atoms with Gasteiger partial charge in [0.25, 0.3) is 5.91 Å². The number of carbonyl (C=O) groups is 1. The third-order valence-corrected chi connectivity index (χ3v) is 4.99. The molecule has 130 valence electrons. The number of hydrogen-bond donors (Lipinski definition) is 0. The first-order valence-corrected chi connectivity index (χ1v) is 8.92. The summed E-state index contributed by atoms with van der Waals surface area (Å²) >= 11 is 7.21. The molecule has 0 atom stereocenters. The van der Waals surface area contributed by atoms with E-state index in [1.807, 2.05) is 19.0 Å². The number of thiazole rings is 1. The van der Waals surface area contributed by atoms with Gasteiger partial charge in [0.05, 0.1) is 4.70 Å². The molecule has 0 unspecified atom stereocenters. The zero-order chi connectivity index (χ0) is 18.0. The molecule has 0 saturated heterocycles. The molecule has 1 amide bonds. The van der Waals surface area contributed by atoms with E-state index in [4.69, 9.17) is 11.6 Å². The van der Waals surface area contributed by atoms with Crippen LogP contribution in [0.2, 0.25) is 5.02 Å². The molecular weight excluding hydrogens is 361 g/mol. The third-order valence-electron chi connectivity index (χ3n) is 3.70. The highest BCUT2D eigenvalue weighted by Crippen LogP contribution is 2.31. The molecule has 3 aromatic rings. The van der Waals surface area contributed by atoms with Crippen molar-refractivity contribution in [2.45, 2.75) is 0 Å². The van der Waals surface area contributed by atoms with Gasteiger partial charge in [0.2, 0.25) is 0 Å². The van der Waals surface area contributed by atoms with E-state index in [0.29, 0.717) is 39.0 Å². The highest BCUT2D eigenvalue weighted by Gasteiger charge is 2.22. The molecule has 0 fully saturated rings. The van der Waals surface area contributed by atoms with E-state index < -0.39 is 0 Å². The van der Waals surface area contributed by atoms with E-state index in [1.165, 1.54) is 17.4 Å². The average Bonchev–Trinajstić information content (AvgIpc) is 3.00. The van der Waals surface area contributed by atoms with Crippen LogP contribution in [0.4, 0.5) is 9.52 Å². The summed E-state index contributed by atoms with van der Waals surface area (Å²) in [5, 5.41) is 1.06. The van der Waals surface area contributed by atoms with Crippen LogP contribution in [0.1, 0.15) is 10.4 Å². The molecule has 0 aliphatic carbocycles. The van der Waals surface area contributed by atoms with Crippen molar-refractivity contribution in [1.29, 1.82) is 0 Å². The lowest BCUT2D eigenvalue weighted by Crippen LogP contribution is -2.36. The van der Waals surface area contributed by atoms with Crippen LogP contribution in [0.5, 0.6) is 0 Å². The standard InChI is InChI=1S/C18H17ClFN3OS/c1-22(2)10-11-23(17(24)12-6-8-13(19)9-7-12)18-21-16-14(20)4-3-5-15(16)25-18/h3-9H,10-11H2,1-2H3. The number of likely N-dealkylation sites (N-methyl/N-ethyl adjacent to an activating group) is 1. The van der Waals surface area contributed by atoms with Gasteiger partial charge in [0.15, 0.2) is 5.13 Å². The Morgan fingerprint density at radius 2 is 1.88 bits per heavy atom. The number of benzene rings is 2. The number of nitrogens with zero attached hydrogens (tertiary/aromatic N) is 3. The molecular formula is C18H17ClFN3OS. The second kappa shape index (κ2) is 7.47. The van der Waals surface area contributed by atoms with Gasteiger partial charge in [-0.2, -0.15) is 0 Å². The summed E-state index contributed by atoms with van der Waals surface area (Å²) in [6, 6.07) is 11.5. The van der Waals surface area contributed by atoms with E-state index in [2.05, 4.69) is 4.98 Å². The summed E-state index contributed by atoms with van der Waals surface area (Å²) in [5.74, 6) is -0.565. The summed E-state index contributed by atoms with van der Waals surface area (Å²) in [6.07, 6.45) is 0. The fourth-order valence-electron chi connectivity index (χ4n) is 2.35. The van der Waals surface area contributed by atoms with Crippen molar-refractivity contribution in [1.82, 2.24) is 9.88 Å². The van der Waals surface area contributed by atoms with Gasteiger partial charge in [-0.15, -0.1) is 0 Å². The Kier molecular flexibility index (Phi) is 5.32. The fraction of sp³-hybridized carbons (Fsp3) is 0.222. The Balaban J connectivity index is 1.99. The van der Waals surface area contributed by atoms with Crippen LogP contribution in [0.25, 0.3) is 10.2 Å². The topological polar surface area (TPSA) is 36.4 Å². The fourth-order valence-corrected chi connectivity index (χ4v) is 3.48. The second-order valence-corrected chi connectivity index (χ2v) is 7.30. The van der Waals surface area contributed by atoms with Gasteiger partial charge in [-0.05, 0) is 50.5 Å². The first-order chi connectivity index (χ1) is 12.0. The molecule has 4 nitrogen and oxygen atoms in total. The zero-order valence-electron chi connectivity index (χ0n) is 13.9. The SMILES string of the molecule is CN(C)CCN(C(=O)c1ccc(Cl)cc1)c1nc2c(F)cccc2s1. The number of anilines is 1. The molecule has 0 radical (unpaired) electrons. The maximum Gasteiger partial charge on any atom is 0.260 e. The van der Waals surface area contributed by atoms with Gasteiger partial charge in [0, 0.05) is 23.7 Å². The Morgan fingerprint density at radius 3 is 2.52 bits per heavy atom. The molecule has 0 spiro atoms. The van der Waals surface area contributed by atoms with Crippen molar-refractivity contribution in [2.75, 3.05) is 32.1 Å². The van der Waals surface area contributed by atoms with E-state index in [1.54, 1.807) is 41.3 Å². The van der Waals surface area contributed by atoms with Crippen molar-refractivity contribution in [2.24, 2.45) is 0 Å². The van der Waals surface area contributed by atoms with Gasteiger partial charge >= 0.3 is 0 Å². The average molecular weight is 378 g/mol. The number of rotatable bonds is 5. The van der Waals surface area contributed by atoms with Crippen molar-refractivity contribution < 1.29 is 9.18 Å². The largest absolute Gasteiger partial charge is 0.308 e. The minimum absolute atomic E-state index is 0.182. The van der Waals surface area contributed by atoms with E-state index in [0.717, 1.165) is 0 Å². The Morgan fingerprint density at radius 1 is 1.16 bits per heavy atom. The number of carbonyl (C=O) groups excluding carboxylic acids is 1. The minimum Gasteiger partial charge on any atom is -0.308 e. The van der Waals surface area contributed by atoms with Gasteiger partial charge < -0.3 is 4.90 Å². The van der Waals surface area contributed by atoms with E-state index in [9.17, 15) is 9.18 Å². The predicted molar refractivity (Wildman–Crippen MR) is 101 cm³/mol. The highest BCUT2D eigenvalue weighted by atomic mass is 35.5. The van der Waals surface area contributed by atoms with E-state index >= 15 is 0 Å². The highest BCUT2D eigenvalue weighted by molar-refractivity contribution is 7.22. The number of aromatic nitrogens is 1. The van der Waals surface area contributed by atoms with Crippen LogP contribution >= 0.6 is 22.9 Å². The van der Waals surface area contributed by atoms with Crippen molar-refractivity contribution in [3.05, 3.63) is 58.9 Å². The summed E-state index contributed by atoms with van der Waals surface area (Å²) < 4.78 is 14.7. The van der Waals surface area contributed by atoms with Crippen LogP contribution in [-0.2, 0) is 0 Å². The molecule has 0 saturated carbocycles. The molecule has 25 heavy (non-hydrogen) atoms. The molecule has 0 aliphatic rings.